The second kappa shape index (κ2) is 7.40. The van der Waals surface area contributed by atoms with Crippen LogP contribution in [0.1, 0.15) is 22.6 Å². The van der Waals surface area contributed by atoms with Crippen LogP contribution in [0.4, 0.5) is 0 Å². The summed E-state index contributed by atoms with van der Waals surface area (Å²) in [5, 5.41) is 4.13. The highest BCUT2D eigenvalue weighted by Crippen LogP contribution is 2.33. The Labute approximate surface area is 158 Å². The van der Waals surface area contributed by atoms with E-state index >= 15 is 0 Å². The average Bonchev–Trinajstić information content (AvgIpc) is 3.15. The highest BCUT2D eigenvalue weighted by atomic mass is 16.5. The summed E-state index contributed by atoms with van der Waals surface area (Å²) in [6.45, 7) is 4.44. The molecular weight excluding hydrogens is 342 g/mol. The molecule has 6 nitrogen and oxygen atoms in total. The molecule has 0 saturated heterocycles. The Balaban J connectivity index is 1.48. The van der Waals surface area contributed by atoms with E-state index in [1.165, 1.54) is 16.7 Å². The van der Waals surface area contributed by atoms with E-state index in [4.69, 9.17) is 14.0 Å². The van der Waals surface area contributed by atoms with Crippen molar-refractivity contribution in [2.45, 2.75) is 26.4 Å². The van der Waals surface area contributed by atoms with Crippen molar-refractivity contribution in [1.29, 1.82) is 0 Å². The Morgan fingerprint density at radius 3 is 2.44 bits per heavy atom. The molecule has 0 radical (unpaired) electrons. The van der Waals surface area contributed by atoms with Gasteiger partial charge in [0.2, 0.25) is 11.7 Å². The van der Waals surface area contributed by atoms with Crippen molar-refractivity contribution in [2.24, 2.45) is 0 Å². The fourth-order valence-corrected chi connectivity index (χ4v) is 3.41. The number of nitrogens with zero attached hydrogens (tertiary/aromatic N) is 3. The van der Waals surface area contributed by atoms with Gasteiger partial charge >= 0.3 is 0 Å². The molecule has 1 aliphatic rings. The zero-order valence-electron chi connectivity index (χ0n) is 15.9. The first-order valence-corrected chi connectivity index (χ1v) is 9.02. The smallest absolute Gasteiger partial charge is 0.241 e. The standard InChI is InChI=1S/C21H23N3O3/c1-14-4-6-15(7-5-14)21-22-20(27-23-21)13-24-9-8-16-10-18(25-2)19(26-3)11-17(16)12-24/h4-7,10-11H,8-9,12-13H2,1-3H3. The molecule has 140 valence electrons. The summed E-state index contributed by atoms with van der Waals surface area (Å²) in [5.74, 6) is 2.81. The normalized spacial score (nSPS) is 14.0. The quantitative estimate of drug-likeness (QED) is 0.688. The lowest BCUT2D eigenvalue weighted by Gasteiger charge is -2.28. The molecule has 0 spiro atoms. The number of hydrogen-bond donors (Lipinski definition) is 0. The monoisotopic (exact) mass is 365 g/mol. The maximum Gasteiger partial charge on any atom is 0.241 e. The predicted molar refractivity (Wildman–Crippen MR) is 102 cm³/mol. The van der Waals surface area contributed by atoms with E-state index in [-0.39, 0.29) is 0 Å². The molecule has 1 aliphatic heterocycles. The van der Waals surface area contributed by atoms with Crippen LogP contribution in [0.5, 0.6) is 11.5 Å². The molecule has 0 atom stereocenters. The van der Waals surface area contributed by atoms with E-state index in [1.807, 2.05) is 12.1 Å². The molecule has 0 bridgehead atoms. The Kier molecular flexibility index (Phi) is 4.81. The molecule has 4 rings (SSSR count). The van der Waals surface area contributed by atoms with Crippen molar-refractivity contribution >= 4 is 0 Å². The summed E-state index contributed by atoms with van der Waals surface area (Å²) < 4.78 is 16.3. The van der Waals surface area contributed by atoms with E-state index in [0.717, 1.165) is 36.6 Å². The molecule has 27 heavy (non-hydrogen) atoms. The van der Waals surface area contributed by atoms with Gasteiger partial charge in [0.25, 0.3) is 0 Å². The van der Waals surface area contributed by atoms with Gasteiger partial charge in [0, 0.05) is 18.7 Å². The molecule has 0 aliphatic carbocycles. The van der Waals surface area contributed by atoms with Crippen LogP contribution in [-0.4, -0.2) is 35.8 Å². The molecule has 3 aromatic rings. The fraction of sp³-hybridized carbons (Fsp3) is 0.333. The van der Waals surface area contributed by atoms with Crippen LogP contribution in [0.2, 0.25) is 0 Å². The summed E-state index contributed by atoms with van der Waals surface area (Å²) in [7, 11) is 3.33. The highest BCUT2D eigenvalue weighted by molar-refractivity contribution is 5.54. The third-order valence-corrected chi connectivity index (χ3v) is 4.93. The van der Waals surface area contributed by atoms with Crippen LogP contribution in [-0.2, 0) is 19.5 Å². The van der Waals surface area contributed by atoms with Crippen LogP contribution in [0.3, 0.4) is 0 Å². The molecule has 0 unspecified atom stereocenters. The van der Waals surface area contributed by atoms with Gasteiger partial charge in [-0.3, -0.25) is 4.90 Å². The first-order valence-electron chi connectivity index (χ1n) is 9.02. The Morgan fingerprint density at radius 1 is 1.04 bits per heavy atom. The van der Waals surface area contributed by atoms with Crippen LogP contribution in [0.25, 0.3) is 11.4 Å². The SMILES string of the molecule is COc1cc2c(cc1OC)CN(Cc1nc(-c3ccc(C)cc3)no1)CC2. The van der Waals surface area contributed by atoms with Crippen LogP contribution < -0.4 is 9.47 Å². The first-order chi connectivity index (χ1) is 13.2. The van der Waals surface area contributed by atoms with Crippen LogP contribution in [0.15, 0.2) is 40.9 Å². The second-order valence-corrected chi connectivity index (χ2v) is 6.81. The number of benzene rings is 2. The summed E-state index contributed by atoms with van der Waals surface area (Å²) in [5.41, 5.74) is 4.73. The van der Waals surface area contributed by atoms with Crippen molar-refractivity contribution in [3.8, 4) is 22.9 Å². The Morgan fingerprint density at radius 2 is 1.74 bits per heavy atom. The first kappa shape index (κ1) is 17.5. The molecule has 0 amide bonds. The highest BCUT2D eigenvalue weighted by Gasteiger charge is 2.21. The third kappa shape index (κ3) is 3.66. The van der Waals surface area contributed by atoms with Gasteiger partial charge in [0.1, 0.15) is 0 Å². The van der Waals surface area contributed by atoms with Crippen molar-refractivity contribution in [2.75, 3.05) is 20.8 Å². The number of rotatable bonds is 5. The Hall–Kier alpha value is -2.86. The van der Waals surface area contributed by atoms with Gasteiger partial charge in [-0.15, -0.1) is 0 Å². The van der Waals surface area contributed by atoms with Gasteiger partial charge in [0.05, 0.1) is 20.8 Å². The number of aromatic nitrogens is 2. The molecule has 0 saturated carbocycles. The Bertz CT molecular complexity index is 934. The lowest BCUT2D eigenvalue weighted by Crippen LogP contribution is -2.30. The minimum absolute atomic E-state index is 0.632. The predicted octanol–water partition coefficient (Wildman–Crippen LogP) is 3.62. The van der Waals surface area contributed by atoms with Crippen molar-refractivity contribution < 1.29 is 14.0 Å². The third-order valence-electron chi connectivity index (χ3n) is 4.93. The van der Waals surface area contributed by atoms with Gasteiger partial charge in [-0.05, 0) is 36.6 Å². The molecular formula is C21H23N3O3. The lowest BCUT2D eigenvalue weighted by atomic mass is 9.99. The van der Waals surface area contributed by atoms with Crippen LogP contribution in [0, 0.1) is 6.92 Å². The minimum atomic E-state index is 0.632. The minimum Gasteiger partial charge on any atom is -0.493 e. The number of fused-ring (bicyclic) bond motifs is 1. The van der Waals surface area contributed by atoms with E-state index in [2.05, 4.69) is 46.2 Å². The van der Waals surface area contributed by atoms with Crippen molar-refractivity contribution in [1.82, 2.24) is 15.0 Å². The number of methoxy groups -OCH3 is 2. The van der Waals surface area contributed by atoms with Crippen molar-refractivity contribution in [3.63, 3.8) is 0 Å². The largest absolute Gasteiger partial charge is 0.493 e. The lowest BCUT2D eigenvalue weighted by molar-refractivity contribution is 0.210. The topological polar surface area (TPSA) is 60.6 Å². The van der Waals surface area contributed by atoms with E-state index in [0.29, 0.717) is 18.3 Å². The van der Waals surface area contributed by atoms with Gasteiger partial charge in [-0.1, -0.05) is 35.0 Å². The summed E-state index contributed by atoms with van der Waals surface area (Å²) in [6.07, 6.45) is 0.953. The molecule has 1 aromatic heterocycles. The van der Waals surface area contributed by atoms with Crippen molar-refractivity contribution in [3.05, 3.63) is 59.0 Å². The van der Waals surface area contributed by atoms with Gasteiger partial charge in [0.15, 0.2) is 11.5 Å². The number of aryl methyl sites for hydroxylation is 1. The maximum atomic E-state index is 5.47. The average molecular weight is 365 g/mol. The molecule has 2 aromatic carbocycles. The summed E-state index contributed by atoms with van der Waals surface area (Å²) in [6, 6.07) is 12.3. The zero-order valence-corrected chi connectivity index (χ0v) is 15.9. The maximum absolute atomic E-state index is 5.47. The van der Waals surface area contributed by atoms with Gasteiger partial charge < -0.3 is 14.0 Å². The second-order valence-electron chi connectivity index (χ2n) is 6.81. The van der Waals surface area contributed by atoms with Crippen LogP contribution >= 0.6 is 0 Å². The molecule has 0 N–H and O–H groups in total. The molecule has 6 heteroatoms. The van der Waals surface area contributed by atoms with E-state index in [9.17, 15) is 0 Å². The fourth-order valence-electron chi connectivity index (χ4n) is 3.41. The molecule has 2 heterocycles. The number of hydrogen-bond acceptors (Lipinski definition) is 6. The van der Waals surface area contributed by atoms with E-state index < -0.39 is 0 Å². The van der Waals surface area contributed by atoms with Gasteiger partial charge in [-0.2, -0.15) is 4.98 Å². The van der Waals surface area contributed by atoms with E-state index in [1.54, 1.807) is 14.2 Å². The summed E-state index contributed by atoms with van der Waals surface area (Å²) in [4.78, 5) is 6.86. The van der Waals surface area contributed by atoms with Gasteiger partial charge in [-0.25, -0.2) is 0 Å². The number of ether oxygens (including phenoxy) is 2. The molecule has 0 fully saturated rings. The summed E-state index contributed by atoms with van der Waals surface area (Å²) >= 11 is 0. The zero-order chi connectivity index (χ0) is 18.8.